The Morgan fingerprint density at radius 3 is 2.31 bits per heavy atom. The van der Waals surface area contributed by atoms with Gasteiger partial charge in [-0.2, -0.15) is 0 Å². The number of hydrogen-bond acceptors (Lipinski definition) is 4. The number of fused-ring (bicyclic) bond motifs is 1. The van der Waals surface area contributed by atoms with E-state index >= 15 is 0 Å². The average molecular weight is 398 g/mol. The average Bonchev–Trinajstić information content (AvgIpc) is 2.86. The summed E-state index contributed by atoms with van der Waals surface area (Å²) in [5.74, 6) is 0.271. The second kappa shape index (κ2) is 8.69. The van der Waals surface area contributed by atoms with Gasteiger partial charge in [-0.1, -0.05) is 11.6 Å². The van der Waals surface area contributed by atoms with E-state index in [1.54, 1.807) is 56.5 Å². The molecule has 1 aromatic heterocycles. The van der Waals surface area contributed by atoms with Crippen molar-refractivity contribution < 1.29 is 19.1 Å². The summed E-state index contributed by atoms with van der Waals surface area (Å²) < 4.78 is 12.1. The summed E-state index contributed by atoms with van der Waals surface area (Å²) in [7, 11) is 1.55. The van der Waals surface area contributed by atoms with Crippen molar-refractivity contribution in [3.63, 3.8) is 0 Å². The number of hydrogen-bond donors (Lipinski definition) is 0. The number of methoxy groups -OCH3 is 1. The fourth-order valence-electron chi connectivity index (χ4n) is 2.75. The van der Waals surface area contributed by atoms with Crippen LogP contribution in [0.25, 0.3) is 10.9 Å². The fourth-order valence-corrected chi connectivity index (χ4v) is 2.88. The number of nitrogens with zero attached hydrogens (tertiary/aromatic N) is 1. The number of ether oxygens (including phenoxy) is 2. The molecule has 0 radical (unpaired) electrons. The summed E-state index contributed by atoms with van der Waals surface area (Å²) in [6, 6.07) is 11.9. The Bertz CT molecular complexity index is 979. The van der Waals surface area contributed by atoms with Crippen LogP contribution >= 0.6 is 11.6 Å². The Morgan fingerprint density at radius 2 is 1.73 bits per heavy atom. The van der Waals surface area contributed by atoms with E-state index in [9.17, 15) is 9.59 Å². The van der Waals surface area contributed by atoms with Crippen molar-refractivity contribution in [3.05, 3.63) is 58.7 Å². The first-order valence-electron chi connectivity index (χ1n) is 7.60. The van der Waals surface area contributed by atoms with Crippen LogP contribution in [0.2, 0.25) is 5.02 Å². The van der Waals surface area contributed by atoms with Crippen LogP contribution in [-0.2, 0) is 4.79 Å². The summed E-state index contributed by atoms with van der Waals surface area (Å²) >= 11 is 5.89. The number of benzene rings is 2. The molecule has 0 fully saturated rings. The van der Waals surface area contributed by atoms with E-state index in [1.807, 2.05) is 0 Å². The third kappa shape index (κ3) is 4.06. The molecule has 0 unspecified atom stereocenters. The summed E-state index contributed by atoms with van der Waals surface area (Å²) in [6.07, 6.45) is 0. The molecule has 26 heavy (non-hydrogen) atoms. The van der Waals surface area contributed by atoms with Gasteiger partial charge in [0.05, 0.1) is 18.3 Å². The molecule has 0 saturated heterocycles. The van der Waals surface area contributed by atoms with Gasteiger partial charge in [0.1, 0.15) is 5.75 Å². The van der Waals surface area contributed by atoms with E-state index in [-0.39, 0.29) is 57.3 Å². The van der Waals surface area contributed by atoms with Crippen molar-refractivity contribution in [3.8, 4) is 11.5 Å². The van der Waals surface area contributed by atoms with Crippen molar-refractivity contribution >= 4 is 85.8 Å². The summed E-state index contributed by atoms with van der Waals surface area (Å²) in [5.41, 5.74) is 1.66. The molecule has 3 aromatic rings. The van der Waals surface area contributed by atoms with Gasteiger partial charge < -0.3 is 9.47 Å². The second-order valence-electron chi connectivity index (χ2n) is 5.54. The molecule has 0 aliphatic carbocycles. The van der Waals surface area contributed by atoms with Gasteiger partial charge in [0.25, 0.3) is 5.91 Å². The van der Waals surface area contributed by atoms with Crippen LogP contribution in [0.1, 0.15) is 23.0 Å². The zero-order valence-corrected chi connectivity index (χ0v) is 14.8. The van der Waals surface area contributed by atoms with Crippen LogP contribution in [0.3, 0.4) is 0 Å². The minimum absolute atomic E-state index is 0. The molecule has 0 aliphatic heterocycles. The molecule has 3 rings (SSSR count). The molecule has 0 aliphatic rings. The SMILES string of the molecule is COc1ccc2c(c1)c(OC(C)=O)c(C)n2C(=O)c1ccc(Cl)cc1.[KH]. The first-order valence-corrected chi connectivity index (χ1v) is 7.98. The number of carbonyl (C=O) groups is 2. The van der Waals surface area contributed by atoms with Crippen molar-refractivity contribution in [1.29, 1.82) is 0 Å². The molecule has 0 atom stereocenters. The number of halogens is 1. The Kier molecular flexibility index (Phi) is 7.07. The first kappa shape index (κ1) is 21.1. The molecule has 5 nitrogen and oxygen atoms in total. The van der Waals surface area contributed by atoms with Crippen LogP contribution < -0.4 is 9.47 Å². The molecule has 2 aromatic carbocycles. The van der Waals surface area contributed by atoms with E-state index in [2.05, 4.69) is 0 Å². The van der Waals surface area contributed by atoms with Gasteiger partial charge in [-0.3, -0.25) is 14.2 Å². The maximum atomic E-state index is 13.0. The molecule has 0 amide bonds. The topological polar surface area (TPSA) is 57.5 Å². The molecular weight excluding hydrogens is 381 g/mol. The van der Waals surface area contributed by atoms with Gasteiger partial charge in [0, 0.05) is 22.9 Å². The number of rotatable bonds is 3. The fraction of sp³-hybridized carbons (Fsp3) is 0.158. The monoisotopic (exact) mass is 397 g/mol. The molecule has 0 spiro atoms. The normalized spacial score (nSPS) is 10.3. The van der Waals surface area contributed by atoms with Crippen LogP contribution in [0, 0.1) is 6.92 Å². The van der Waals surface area contributed by atoms with Gasteiger partial charge in [-0.05, 0) is 49.4 Å². The summed E-state index contributed by atoms with van der Waals surface area (Å²) in [5, 5.41) is 1.19. The van der Waals surface area contributed by atoms with Crippen LogP contribution in [0.15, 0.2) is 42.5 Å². The van der Waals surface area contributed by atoms with E-state index < -0.39 is 5.97 Å². The molecule has 0 saturated carbocycles. The summed E-state index contributed by atoms with van der Waals surface area (Å²) in [4.78, 5) is 24.5. The standard InChI is InChI=1S/C19H16ClNO4.K.H/c1-11-18(25-12(2)22)16-10-15(24-3)8-9-17(16)21(11)19(23)13-4-6-14(20)7-5-13;;/h4-10H,1-3H3;;. The van der Waals surface area contributed by atoms with Crippen molar-refractivity contribution in [1.82, 2.24) is 4.57 Å². The molecular formula is C19H17ClKNO4. The van der Waals surface area contributed by atoms with Crippen molar-refractivity contribution in [2.45, 2.75) is 13.8 Å². The predicted octanol–water partition coefficient (Wildman–Crippen LogP) is 3.58. The number of aromatic nitrogens is 1. The maximum absolute atomic E-state index is 13.0. The summed E-state index contributed by atoms with van der Waals surface area (Å²) in [6.45, 7) is 3.06. The molecule has 0 bridgehead atoms. The molecule has 1 heterocycles. The molecule has 0 N–H and O–H groups in total. The van der Waals surface area contributed by atoms with Crippen LogP contribution in [-0.4, -0.2) is 74.9 Å². The van der Waals surface area contributed by atoms with Gasteiger partial charge in [-0.25, -0.2) is 0 Å². The molecule has 7 heteroatoms. The minimum atomic E-state index is -0.455. The zero-order valence-electron chi connectivity index (χ0n) is 14.0. The van der Waals surface area contributed by atoms with E-state index in [4.69, 9.17) is 21.1 Å². The number of esters is 1. The third-order valence-electron chi connectivity index (χ3n) is 3.89. The second-order valence-corrected chi connectivity index (χ2v) is 5.98. The Morgan fingerprint density at radius 1 is 1.08 bits per heavy atom. The van der Waals surface area contributed by atoms with E-state index in [1.165, 1.54) is 11.5 Å². The quantitative estimate of drug-likeness (QED) is 0.500. The Labute approximate surface area is 198 Å². The van der Waals surface area contributed by atoms with Gasteiger partial charge in [0.15, 0.2) is 5.75 Å². The third-order valence-corrected chi connectivity index (χ3v) is 4.15. The van der Waals surface area contributed by atoms with E-state index in [0.29, 0.717) is 38.7 Å². The van der Waals surface area contributed by atoms with Crippen LogP contribution in [0.5, 0.6) is 11.5 Å². The van der Waals surface area contributed by atoms with E-state index in [0.717, 1.165) is 0 Å². The van der Waals surface area contributed by atoms with Crippen molar-refractivity contribution in [2.24, 2.45) is 0 Å². The van der Waals surface area contributed by atoms with Gasteiger partial charge in [0.2, 0.25) is 0 Å². The number of carbonyl (C=O) groups excluding carboxylic acids is 2. The first-order chi connectivity index (χ1) is 11.9. The van der Waals surface area contributed by atoms with Crippen molar-refractivity contribution in [2.75, 3.05) is 7.11 Å². The predicted molar refractivity (Wildman–Crippen MR) is 103 cm³/mol. The molecule has 130 valence electrons. The van der Waals surface area contributed by atoms with Gasteiger partial charge >= 0.3 is 57.4 Å². The van der Waals surface area contributed by atoms with Gasteiger partial charge in [-0.15, -0.1) is 0 Å². The Hall–Kier alpha value is -1.15. The zero-order chi connectivity index (χ0) is 18.1. The Balaban J connectivity index is 0.00000243. The van der Waals surface area contributed by atoms with Crippen LogP contribution in [0.4, 0.5) is 0 Å².